The van der Waals surface area contributed by atoms with E-state index in [1.165, 1.54) is 23.2 Å². The highest BCUT2D eigenvalue weighted by Gasteiger charge is 2.66. The minimum absolute atomic E-state index is 0.0973. The van der Waals surface area contributed by atoms with Gasteiger partial charge in [-0.15, -0.1) is 0 Å². The first-order valence-electron chi connectivity index (χ1n) is 15.4. The molecular weight excluding hydrogens is 635 g/mol. The van der Waals surface area contributed by atoms with E-state index in [1.807, 2.05) is 29.3 Å². The number of amides is 1. The molecule has 5 aliphatic rings. The number of morpholine rings is 1. The third kappa shape index (κ3) is 3.71. The second-order valence-corrected chi connectivity index (χ2v) is 12.4. The first-order chi connectivity index (χ1) is 23.2. The van der Waals surface area contributed by atoms with E-state index in [9.17, 15) is 14.4 Å². The summed E-state index contributed by atoms with van der Waals surface area (Å²) >= 11 is 0. The molecule has 4 aromatic rings. The lowest BCUT2D eigenvalue weighted by Gasteiger charge is -2.49. The van der Waals surface area contributed by atoms with Crippen LogP contribution in [-0.2, 0) is 32.0 Å². The molecule has 4 heterocycles. The largest absolute Gasteiger partial charge is 0.510 e. The second kappa shape index (κ2) is 9.89. The zero-order valence-corrected chi connectivity index (χ0v) is 25.3. The molecule has 14 heteroatoms. The van der Waals surface area contributed by atoms with E-state index in [1.54, 1.807) is 11.0 Å². The number of halogens is 3. The molecule has 246 valence electrons. The number of hydrogen-bond acceptors (Lipinski definition) is 9. The van der Waals surface area contributed by atoms with E-state index in [2.05, 4.69) is 4.74 Å². The average molecular weight is 662 g/mol. The van der Waals surface area contributed by atoms with Crippen LogP contribution in [0.4, 0.5) is 18.0 Å². The topological polar surface area (TPSA) is 113 Å². The smallest absolute Gasteiger partial charge is 0.463 e. The summed E-state index contributed by atoms with van der Waals surface area (Å²) in [5, 5.41) is 1.91. The van der Waals surface area contributed by atoms with E-state index in [0.29, 0.717) is 34.4 Å². The van der Waals surface area contributed by atoms with E-state index >= 15 is 13.2 Å². The van der Waals surface area contributed by atoms with Crippen LogP contribution >= 0.6 is 0 Å². The third-order valence-corrected chi connectivity index (χ3v) is 10.1. The van der Waals surface area contributed by atoms with E-state index in [0.717, 1.165) is 18.7 Å². The van der Waals surface area contributed by atoms with Gasteiger partial charge < -0.3 is 28.3 Å². The fraction of sp³-hybridized carbons (Fsp3) is 0.324. The van der Waals surface area contributed by atoms with Crippen LogP contribution in [0.3, 0.4) is 0 Å². The zero-order chi connectivity index (χ0) is 33.1. The van der Waals surface area contributed by atoms with Crippen molar-refractivity contribution in [3.8, 4) is 28.2 Å². The minimum atomic E-state index is -3.48. The Kier molecular flexibility index (Phi) is 5.96. The summed E-state index contributed by atoms with van der Waals surface area (Å²) in [6.07, 6.45) is 0.803. The Morgan fingerprint density at radius 2 is 1.92 bits per heavy atom. The van der Waals surface area contributed by atoms with Gasteiger partial charge in [0.1, 0.15) is 17.7 Å². The maximum Gasteiger partial charge on any atom is 0.510 e. The molecule has 1 saturated heterocycles. The van der Waals surface area contributed by atoms with E-state index in [-0.39, 0.29) is 36.8 Å². The van der Waals surface area contributed by atoms with E-state index in [4.69, 9.17) is 18.6 Å². The minimum Gasteiger partial charge on any atom is -0.463 e. The number of carbonyl (C=O) groups excluding carboxylic acids is 2. The van der Waals surface area contributed by atoms with Crippen molar-refractivity contribution in [1.29, 1.82) is 0 Å². The second-order valence-electron chi connectivity index (χ2n) is 12.4. The van der Waals surface area contributed by atoms with Gasteiger partial charge in [-0.05, 0) is 23.6 Å². The van der Waals surface area contributed by atoms with Gasteiger partial charge in [0.05, 0.1) is 38.2 Å². The van der Waals surface area contributed by atoms with Crippen molar-refractivity contribution < 1.29 is 46.1 Å². The van der Waals surface area contributed by atoms with Crippen LogP contribution in [0.5, 0.6) is 5.75 Å². The van der Waals surface area contributed by atoms with Crippen molar-refractivity contribution in [2.24, 2.45) is 0 Å². The standard InChI is InChI=1S/C34H26F3N3O8/c1-44-32(43)48-16-47-30-22(41)8-9-39-28(30)31(42)38-10-11-45-15-24(38)40(39)23-13-33(23)19-5-3-2-4-18(19)29-25-17(14-46-29)12-34(36,37)27-21(35)7-6-20(33)26(25)27/h2-9,14,23-24H,10-13,15-16H2,1H3/t23?,24-,33?/m1/s1. The lowest BCUT2D eigenvalue weighted by molar-refractivity contribution is -0.0195. The number of ether oxygens (including phenoxy) is 4. The number of alkyl halides is 2. The summed E-state index contributed by atoms with van der Waals surface area (Å²) < 4.78 is 75.5. The molecule has 9 rings (SSSR count). The molecule has 3 aliphatic carbocycles. The molecule has 48 heavy (non-hydrogen) atoms. The number of nitrogens with zero attached hydrogens (tertiary/aromatic N) is 3. The Hall–Kier alpha value is -5.24. The molecule has 2 fully saturated rings. The summed E-state index contributed by atoms with van der Waals surface area (Å²) in [6.45, 7) is -0.120. The molecular formula is C34H26F3N3O8. The number of methoxy groups -OCH3 is 1. The van der Waals surface area contributed by atoms with Gasteiger partial charge in [-0.3, -0.25) is 19.3 Å². The fourth-order valence-electron chi connectivity index (χ4n) is 8.17. The first-order valence-corrected chi connectivity index (χ1v) is 15.4. The van der Waals surface area contributed by atoms with Crippen LogP contribution in [0.2, 0.25) is 0 Å². The number of hydrogen-bond donors (Lipinski definition) is 0. The predicted octanol–water partition coefficient (Wildman–Crippen LogP) is 4.50. The molecule has 2 aliphatic heterocycles. The predicted molar refractivity (Wildman–Crippen MR) is 160 cm³/mol. The highest BCUT2D eigenvalue weighted by molar-refractivity contribution is 5.97. The third-order valence-electron chi connectivity index (χ3n) is 10.1. The maximum absolute atomic E-state index is 15.8. The average Bonchev–Trinajstić information content (AvgIpc) is 3.70. The van der Waals surface area contributed by atoms with Gasteiger partial charge in [0.15, 0.2) is 5.69 Å². The summed E-state index contributed by atoms with van der Waals surface area (Å²) in [4.78, 5) is 40.3. The van der Waals surface area contributed by atoms with Crippen LogP contribution in [-0.4, -0.2) is 67.5 Å². The molecule has 0 N–H and O–H groups in total. The molecule has 2 aromatic heterocycles. The van der Waals surface area contributed by atoms with Gasteiger partial charge >= 0.3 is 6.16 Å². The van der Waals surface area contributed by atoms with Crippen molar-refractivity contribution in [2.75, 3.05) is 38.7 Å². The zero-order valence-electron chi connectivity index (χ0n) is 25.3. The molecule has 1 saturated carbocycles. The van der Waals surface area contributed by atoms with Gasteiger partial charge in [-0.1, -0.05) is 30.3 Å². The Labute approximate surface area is 269 Å². The number of benzene rings is 2. The number of fused-ring (bicyclic) bond motifs is 6. The molecule has 0 bridgehead atoms. The summed E-state index contributed by atoms with van der Waals surface area (Å²) in [5.41, 5.74) is 0.545. The van der Waals surface area contributed by atoms with E-state index < -0.39 is 65.6 Å². The van der Waals surface area contributed by atoms with Gasteiger partial charge in [0, 0.05) is 52.9 Å². The molecule has 1 spiro atoms. The maximum atomic E-state index is 15.8. The van der Waals surface area contributed by atoms with Crippen LogP contribution in [0, 0.1) is 5.82 Å². The van der Waals surface area contributed by atoms with Crippen LogP contribution in [0.25, 0.3) is 22.5 Å². The summed E-state index contributed by atoms with van der Waals surface area (Å²) in [7, 11) is 1.12. The van der Waals surface area contributed by atoms with Crippen molar-refractivity contribution in [1.82, 2.24) is 9.58 Å². The summed E-state index contributed by atoms with van der Waals surface area (Å²) in [6, 6.07) is 10.9. The first kappa shape index (κ1) is 28.9. The van der Waals surface area contributed by atoms with Gasteiger partial charge in [-0.25, -0.2) is 18.0 Å². The quantitative estimate of drug-likeness (QED) is 0.231. The summed E-state index contributed by atoms with van der Waals surface area (Å²) in [5.74, 6) is -4.91. The van der Waals surface area contributed by atoms with Crippen LogP contribution < -0.4 is 15.2 Å². The van der Waals surface area contributed by atoms with Crippen molar-refractivity contribution in [3.05, 3.63) is 98.9 Å². The van der Waals surface area contributed by atoms with Crippen molar-refractivity contribution in [3.63, 3.8) is 0 Å². The van der Waals surface area contributed by atoms with Gasteiger partial charge in [0.25, 0.3) is 11.8 Å². The Morgan fingerprint density at radius 3 is 2.75 bits per heavy atom. The van der Waals surface area contributed by atoms with Gasteiger partial charge in [0.2, 0.25) is 18.0 Å². The van der Waals surface area contributed by atoms with Gasteiger partial charge in [-0.2, -0.15) is 0 Å². The van der Waals surface area contributed by atoms with Crippen molar-refractivity contribution in [2.45, 2.75) is 36.4 Å². The molecule has 2 aromatic carbocycles. The Balaban J connectivity index is 1.26. The molecule has 2 unspecified atom stereocenters. The Bertz CT molecular complexity index is 2130. The van der Waals surface area contributed by atoms with Crippen LogP contribution in [0.15, 0.2) is 64.1 Å². The van der Waals surface area contributed by atoms with Crippen molar-refractivity contribution >= 4 is 12.1 Å². The number of furan rings is 1. The Morgan fingerprint density at radius 1 is 1.08 bits per heavy atom. The molecule has 3 atom stereocenters. The SMILES string of the molecule is COC(=O)OCOc1c2n(ccc1=O)N(C1CC13c1ccccc1-c1occ4c1-c1c3ccc(F)c1C(F)(F)C4)[C@@H]1COCCN1C2=O. The highest BCUT2D eigenvalue weighted by atomic mass is 19.3. The lowest BCUT2D eigenvalue weighted by atomic mass is 9.77. The number of pyridine rings is 1. The normalized spacial score (nSPS) is 23.8. The number of rotatable bonds is 4. The van der Waals surface area contributed by atoms with Crippen LogP contribution in [0.1, 0.15) is 39.2 Å². The molecule has 1 amide bonds. The number of aromatic nitrogens is 1. The fourth-order valence-corrected chi connectivity index (χ4v) is 8.17. The monoisotopic (exact) mass is 661 g/mol. The highest BCUT2D eigenvalue weighted by Crippen LogP contribution is 2.66. The molecule has 0 radical (unpaired) electrons. The lowest BCUT2D eigenvalue weighted by Crippen LogP contribution is -2.67. The number of carbonyl (C=O) groups is 2. The molecule has 11 nitrogen and oxygen atoms in total.